The summed E-state index contributed by atoms with van der Waals surface area (Å²) < 4.78 is 0. The summed E-state index contributed by atoms with van der Waals surface area (Å²) in [6, 6.07) is 13.8. The fourth-order valence-electron chi connectivity index (χ4n) is 2.05. The first-order chi connectivity index (χ1) is 12.0. The molecule has 2 aromatic carbocycles. The summed E-state index contributed by atoms with van der Waals surface area (Å²) in [6.07, 6.45) is 0. The van der Waals surface area contributed by atoms with Crippen LogP contribution in [0.1, 0.15) is 15.9 Å². The highest BCUT2D eigenvalue weighted by Gasteiger charge is 2.18. The maximum atomic E-state index is 12.2. The van der Waals surface area contributed by atoms with Crippen LogP contribution in [0.25, 0.3) is 0 Å². The van der Waals surface area contributed by atoms with Gasteiger partial charge in [0.2, 0.25) is 5.91 Å². The van der Waals surface area contributed by atoms with Crippen LogP contribution in [0.15, 0.2) is 48.5 Å². The van der Waals surface area contributed by atoms with Gasteiger partial charge in [-0.1, -0.05) is 29.3 Å². The first-order valence-corrected chi connectivity index (χ1v) is 8.14. The number of carbonyl (C=O) groups is 2. The quantitative estimate of drug-likeness (QED) is 0.569. The second-order valence-electron chi connectivity index (χ2n) is 5.58. The minimum Gasteiger partial charge on any atom is -0.395 e. The Hall–Kier alpha value is -2.41. The first kappa shape index (κ1) is 18.9. The highest BCUT2D eigenvalue weighted by molar-refractivity contribution is 6.30. The minimum atomic E-state index is -0.714. The van der Waals surface area contributed by atoms with E-state index in [9.17, 15) is 14.7 Å². The number of hydrazine groups is 1. The van der Waals surface area contributed by atoms with E-state index in [1.807, 2.05) is 19.1 Å². The standard InChI is InChI=1S/C18H20ClN3O3/c1-12-2-4-13(5-3-12)18(25)22-20-10-14(11-23)17(24)21-16-8-6-15(19)7-9-16/h2-9,14,20,23H,10-11H2,1H3,(H,21,24)(H,22,25)/t14-/m1/s1. The molecule has 25 heavy (non-hydrogen) atoms. The van der Waals surface area contributed by atoms with Crippen LogP contribution in [-0.4, -0.2) is 30.1 Å². The van der Waals surface area contributed by atoms with E-state index >= 15 is 0 Å². The van der Waals surface area contributed by atoms with E-state index in [1.165, 1.54) is 0 Å². The summed E-state index contributed by atoms with van der Waals surface area (Å²) >= 11 is 5.79. The summed E-state index contributed by atoms with van der Waals surface area (Å²) in [5.41, 5.74) is 7.34. The van der Waals surface area contributed by atoms with Crippen LogP contribution in [-0.2, 0) is 4.79 Å². The van der Waals surface area contributed by atoms with E-state index in [4.69, 9.17) is 11.6 Å². The monoisotopic (exact) mass is 361 g/mol. The number of hydrogen-bond acceptors (Lipinski definition) is 4. The van der Waals surface area contributed by atoms with Gasteiger partial charge in [-0.25, -0.2) is 5.43 Å². The predicted octanol–water partition coefficient (Wildman–Crippen LogP) is 2.13. The highest BCUT2D eigenvalue weighted by Crippen LogP contribution is 2.14. The van der Waals surface area contributed by atoms with E-state index in [-0.39, 0.29) is 25.0 Å². The molecule has 6 nitrogen and oxygen atoms in total. The average Bonchev–Trinajstić information content (AvgIpc) is 2.61. The summed E-state index contributed by atoms with van der Waals surface area (Å²) in [4.78, 5) is 24.1. The van der Waals surface area contributed by atoms with Gasteiger partial charge in [0.1, 0.15) is 0 Å². The topological polar surface area (TPSA) is 90.5 Å². The van der Waals surface area contributed by atoms with Gasteiger partial charge in [-0.05, 0) is 43.3 Å². The van der Waals surface area contributed by atoms with E-state index in [0.717, 1.165) is 5.56 Å². The number of anilines is 1. The fourth-order valence-corrected chi connectivity index (χ4v) is 2.18. The van der Waals surface area contributed by atoms with E-state index in [0.29, 0.717) is 16.3 Å². The average molecular weight is 362 g/mol. The molecule has 1 atom stereocenters. The molecule has 0 aromatic heterocycles. The number of halogens is 1. The third-order valence-corrected chi connectivity index (χ3v) is 3.82. The fraction of sp³-hybridized carbons (Fsp3) is 0.222. The maximum Gasteiger partial charge on any atom is 0.265 e. The SMILES string of the molecule is Cc1ccc(C(=O)NNC[C@H](CO)C(=O)Nc2ccc(Cl)cc2)cc1. The number of carbonyl (C=O) groups excluding carboxylic acids is 2. The molecule has 0 fully saturated rings. The van der Waals surface area contributed by atoms with Crippen LogP contribution in [0, 0.1) is 12.8 Å². The van der Waals surface area contributed by atoms with Crippen molar-refractivity contribution in [3.63, 3.8) is 0 Å². The van der Waals surface area contributed by atoms with Gasteiger partial charge in [0.25, 0.3) is 5.91 Å². The second kappa shape index (κ2) is 9.17. The first-order valence-electron chi connectivity index (χ1n) is 7.76. The third kappa shape index (κ3) is 5.86. The van der Waals surface area contributed by atoms with Crippen molar-refractivity contribution in [1.29, 1.82) is 0 Å². The molecule has 0 aliphatic rings. The lowest BCUT2D eigenvalue weighted by Crippen LogP contribution is -2.44. The van der Waals surface area contributed by atoms with Gasteiger partial charge in [0, 0.05) is 22.8 Å². The van der Waals surface area contributed by atoms with Crippen LogP contribution >= 0.6 is 11.6 Å². The normalized spacial score (nSPS) is 11.6. The Kier molecular flexibility index (Phi) is 6.94. The zero-order chi connectivity index (χ0) is 18.2. The van der Waals surface area contributed by atoms with Gasteiger partial charge in [0.15, 0.2) is 0 Å². The molecule has 2 rings (SSSR count). The Bertz CT molecular complexity index is 717. The summed E-state index contributed by atoms with van der Waals surface area (Å²) in [5, 5.41) is 12.6. The molecule has 0 heterocycles. The lowest BCUT2D eigenvalue weighted by atomic mass is 10.1. The molecule has 0 radical (unpaired) electrons. The molecule has 132 valence electrons. The number of aliphatic hydroxyl groups excluding tert-OH is 1. The molecule has 0 spiro atoms. The largest absolute Gasteiger partial charge is 0.395 e. The van der Waals surface area contributed by atoms with Crippen molar-refractivity contribution in [2.75, 3.05) is 18.5 Å². The Labute approximate surface area is 151 Å². The van der Waals surface area contributed by atoms with Gasteiger partial charge < -0.3 is 10.4 Å². The summed E-state index contributed by atoms with van der Waals surface area (Å²) in [6.45, 7) is 1.67. The zero-order valence-corrected chi connectivity index (χ0v) is 14.5. The highest BCUT2D eigenvalue weighted by atomic mass is 35.5. The molecule has 4 N–H and O–H groups in total. The van der Waals surface area contributed by atoms with Gasteiger partial charge in [-0.3, -0.25) is 15.0 Å². The third-order valence-electron chi connectivity index (χ3n) is 3.57. The Morgan fingerprint density at radius 3 is 2.32 bits per heavy atom. The molecule has 0 aliphatic carbocycles. The zero-order valence-electron chi connectivity index (χ0n) is 13.8. The van der Waals surface area contributed by atoms with Crippen LogP contribution in [0.3, 0.4) is 0 Å². The minimum absolute atomic E-state index is 0.0908. The van der Waals surface area contributed by atoms with Crippen molar-refractivity contribution >= 4 is 29.1 Å². The Morgan fingerprint density at radius 2 is 1.72 bits per heavy atom. The molecular formula is C18H20ClN3O3. The van der Waals surface area contributed by atoms with Gasteiger partial charge in [-0.2, -0.15) is 0 Å². The molecule has 0 saturated carbocycles. The van der Waals surface area contributed by atoms with E-state index in [1.54, 1.807) is 36.4 Å². The smallest absolute Gasteiger partial charge is 0.265 e. The lowest BCUT2D eigenvalue weighted by Gasteiger charge is -2.16. The number of rotatable bonds is 7. The van der Waals surface area contributed by atoms with Crippen LogP contribution < -0.4 is 16.2 Å². The van der Waals surface area contributed by atoms with Crippen molar-refractivity contribution in [2.45, 2.75) is 6.92 Å². The molecule has 2 aromatic rings. The Balaban J connectivity index is 1.82. The number of amides is 2. The molecule has 0 aliphatic heterocycles. The molecule has 0 unspecified atom stereocenters. The number of aryl methyl sites for hydroxylation is 1. The second-order valence-corrected chi connectivity index (χ2v) is 6.01. The van der Waals surface area contributed by atoms with Crippen LogP contribution in [0.5, 0.6) is 0 Å². The van der Waals surface area contributed by atoms with E-state index in [2.05, 4.69) is 16.2 Å². The number of hydrogen-bond donors (Lipinski definition) is 4. The predicted molar refractivity (Wildman–Crippen MR) is 97.3 cm³/mol. The molecule has 0 bridgehead atoms. The molecule has 0 saturated heterocycles. The molecule has 7 heteroatoms. The lowest BCUT2D eigenvalue weighted by molar-refractivity contribution is -0.120. The number of nitrogens with one attached hydrogen (secondary N) is 3. The maximum absolute atomic E-state index is 12.2. The number of benzene rings is 2. The number of aliphatic hydroxyl groups is 1. The van der Waals surface area contributed by atoms with Crippen molar-refractivity contribution in [3.05, 3.63) is 64.7 Å². The van der Waals surface area contributed by atoms with Gasteiger partial charge in [0.05, 0.1) is 12.5 Å². The molecule has 2 amide bonds. The van der Waals surface area contributed by atoms with Crippen LogP contribution in [0.4, 0.5) is 5.69 Å². The Morgan fingerprint density at radius 1 is 1.08 bits per heavy atom. The van der Waals surface area contributed by atoms with Crippen molar-refractivity contribution in [3.8, 4) is 0 Å². The summed E-state index contributed by atoms with van der Waals surface area (Å²) in [7, 11) is 0. The summed E-state index contributed by atoms with van der Waals surface area (Å²) in [5.74, 6) is -1.38. The van der Waals surface area contributed by atoms with Crippen molar-refractivity contribution in [1.82, 2.24) is 10.9 Å². The van der Waals surface area contributed by atoms with Crippen molar-refractivity contribution in [2.24, 2.45) is 5.92 Å². The molecular weight excluding hydrogens is 342 g/mol. The van der Waals surface area contributed by atoms with E-state index < -0.39 is 5.92 Å². The van der Waals surface area contributed by atoms with Gasteiger partial charge >= 0.3 is 0 Å². The van der Waals surface area contributed by atoms with Crippen molar-refractivity contribution < 1.29 is 14.7 Å². The van der Waals surface area contributed by atoms with Crippen LogP contribution in [0.2, 0.25) is 5.02 Å². The van der Waals surface area contributed by atoms with Gasteiger partial charge in [-0.15, -0.1) is 0 Å².